The van der Waals surface area contributed by atoms with Gasteiger partial charge in [0.25, 0.3) is 0 Å². The molecule has 1 aliphatic heterocycles. The summed E-state index contributed by atoms with van der Waals surface area (Å²) in [5.74, 6) is 8.90. The predicted molar refractivity (Wildman–Crippen MR) is 68.7 cm³/mol. The van der Waals surface area contributed by atoms with E-state index in [1.54, 1.807) is 0 Å². The number of hydrogen-bond acceptors (Lipinski definition) is 4. The van der Waals surface area contributed by atoms with Crippen LogP contribution in [0.3, 0.4) is 0 Å². The third-order valence-electron chi connectivity index (χ3n) is 3.04. The molecule has 0 spiro atoms. The molecule has 2 nitrogen and oxygen atoms in total. The minimum absolute atomic E-state index is 0.466. The average molecular weight is 234 g/mol. The zero-order valence-electron chi connectivity index (χ0n) is 9.32. The Morgan fingerprint density at radius 1 is 1.43 bits per heavy atom. The Labute approximate surface area is 96.1 Å². The molecule has 14 heavy (non-hydrogen) atoms. The van der Waals surface area contributed by atoms with Crippen LogP contribution in [0.5, 0.6) is 0 Å². The van der Waals surface area contributed by atoms with E-state index in [4.69, 9.17) is 5.84 Å². The van der Waals surface area contributed by atoms with Crippen LogP contribution in [0.25, 0.3) is 0 Å². The predicted octanol–water partition coefficient (Wildman–Crippen LogP) is 2.10. The van der Waals surface area contributed by atoms with Crippen molar-refractivity contribution in [2.75, 3.05) is 11.5 Å². The third kappa shape index (κ3) is 3.05. The number of nitrogens with two attached hydrogens (primary N) is 1. The summed E-state index contributed by atoms with van der Waals surface area (Å²) < 4.78 is 0. The molecule has 3 N–H and O–H groups in total. The number of hydrogen-bond donors (Lipinski definition) is 2. The standard InChI is InChI=1S/C10H22N2S2/c1-4-7(2)9(12-11)10-8(3)13-5-6-14-10/h7-10,12H,4-6,11H2,1-3H3. The van der Waals surface area contributed by atoms with Gasteiger partial charge in [-0.15, -0.1) is 0 Å². The molecule has 0 saturated carbocycles. The minimum atomic E-state index is 0.466. The first-order chi connectivity index (χ1) is 6.70. The summed E-state index contributed by atoms with van der Waals surface area (Å²) in [5, 5.41) is 1.40. The van der Waals surface area contributed by atoms with Gasteiger partial charge in [0.05, 0.1) is 0 Å². The molecule has 0 aromatic rings. The van der Waals surface area contributed by atoms with Crippen LogP contribution in [-0.4, -0.2) is 28.0 Å². The largest absolute Gasteiger partial charge is 0.271 e. The second-order valence-electron chi connectivity index (χ2n) is 3.99. The Morgan fingerprint density at radius 3 is 2.57 bits per heavy atom. The molecule has 4 heteroatoms. The molecule has 4 atom stereocenters. The van der Waals surface area contributed by atoms with Crippen molar-refractivity contribution in [3.63, 3.8) is 0 Å². The molecule has 0 amide bonds. The summed E-state index contributed by atoms with van der Waals surface area (Å²) >= 11 is 4.17. The molecule has 0 aromatic heterocycles. The summed E-state index contributed by atoms with van der Waals surface area (Å²) in [6.07, 6.45) is 1.20. The van der Waals surface area contributed by atoms with Gasteiger partial charge in [-0.1, -0.05) is 27.2 Å². The number of nitrogens with one attached hydrogen (secondary N) is 1. The van der Waals surface area contributed by atoms with Crippen molar-refractivity contribution in [1.29, 1.82) is 0 Å². The highest BCUT2D eigenvalue weighted by Crippen LogP contribution is 2.35. The van der Waals surface area contributed by atoms with E-state index in [0.29, 0.717) is 17.2 Å². The summed E-state index contributed by atoms with van der Waals surface area (Å²) in [4.78, 5) is 0. The van der Waals surface area contributed by atoms with Crippen molar-refractivity contribution in [2.45, 2.75) is 43.7 Å². The first-order valence-corrected chi connectivity index (χ1v) is 7.49. The molecular weight excluding hydrogens is 212 g/mol. The van der Waals surface area contributed by atoms with Gasteiger partial charge in [0.15, 0.2) is 0 Å². The third-order valence-corrected chi connectivity index (χ3v) is 6.26. The van der Waals surface area contributed by atoms with Crippen LogP contribution < -0.4 is 11.3 Å². The van der Waals surface area contributed by atoms with E-state index in [1.807, 2.05) is 0 Å². The molecule has 1 fully saturated rings. The summed E-state index contributed by atoms with van der Waals surface area (Å²) in [6.45, 7) is 6.85. The van der Waals surface area contributed by atoms with Crippen LogP contribution in [0.4, 0.5) is 0 Å². The lowest BCUT2D eigenvalue weighted by Gasteiger charge is -2.36. The zero-order valence-corrected chi connectivity index (χ0v) is 11.0. The number of hydrazine groups is 1. The monoisotopic (exact) mass is 234 g/mol. The topological polar surface area (TPSA) is 38.0 Å². The lowest BCUT2D eigenvalue weighted by atomic mass is 9.95. The van der Waals surface area contributed by atoms with Crippen molar-refractivity contribution in [2.24, 2.45) is 11.8 Å². The molecule has 0 radical (unpaired) electrons. The molecule has 0 aliphatic carbocycles. The van der Waals surface area contributed by atoms with Crippen molar-refractivity contribution in [3.8, 4) is 0 Å². The Morgan fingerprint density at radius 2 is 2.07 bits per heavy atom. The van der Waals surface area contributed by atoms with Crippen molar-refractivity contribution in [1.82, 2.24) is 5.43 Å². The molecule has 1 heterocycles. The van der Waals surface area contributed by atoms with Crippen LogP contribution >= 0.6 is 23.5 Å². The molecule has 84 valence electrons. The van der Waals surface area contributed by atoms with Gasteiger partial charge in [0, 0.05) is 28.0 Å². The molecule has 0 aromatic carbocycles. The highest BCUT2D eigenvalue weighted by molar-refractivity contribution is 8.07. The number of thioether (sulfide) groups is 2. The lowest BCUT2D eigenvalue weighted by Crippen LogP contribution is -2.50. The Balaban J connectivity index is 2.57. The Kier molecular flexibility index (Phi) is 5.67. The van der Waals surface area contributed by atoms with E-state index in [9.17, 15) is 0 Å². The fourth-order valence-corrected chi connectivity index (χ4v) is 4.95. The first-order valence-electron chi connectivity index (χ1n) is 5.40. The zero-order chi connectivity index (χ0) is 10.6. The fourth-order valence-electron chi connectivity index (χ4n) is 1.88. The highest BCUT2D eigenvalue weighted by atomic mass is 32.2. The van der Waals surface area contributed by atoms with E-state index in [-0.39, 0.29) is 0 Å². The van der Waals surface area contributed by atoms with Crippen molar-refractivity contribution < 1.29 is 0 Å². The molecule has 1 saturated heterocycles. The van der Waals surface area contributed by atoms with Crippen LogP contribution in [0.2, 0.25) is 0 Å². The lowest BCUT2D eigenvalue weighted by molar-refractivity contribution is 0.360. The minimum Gasteiger partial charge on any atom is -0.271 e. The Bertz CT molecular complexity index is 162. The van der Waals surface area contributed by atoms with Crippen LogP contribution in [-0.2, 0) is 0 Å². The van der Waals surface area contributed by atoms with Gasteiger partial charge in [-0.05, 0) is 5.92 Å². The molecular formula is C10H22N2S2. The van der Waals surface area contributed by atoms with Crippen molar-refractivity contribution in [3.05, 3.63) is 0 Å². The SMILES string of the molecule is CCC(C)C(NN)C1SCCSC1C. The maximum atomic E-state index is 5.67. The van der Waals surface area contributed by atoms with E-state index in [0.717, 1.165) is 5.25 Å². The van der Waals surface area contributed by atoms with Gasteiger partial charge >= 0.3 is 0 Å². The van der Waals surface area contributed by atoms with E-state index < -0.39 is 0 Å². The van der Waals surface area contributed by atoms with Gasteiger partial charge < -0.3 is 0 Å². The number of rotatable bonds is 4. The van der Waals surface area contributed by atoms with Gasteiger partial charge in [-0.2, -0.15) is 23.5 Å². The van der Waals surface area contributed by atoms with Crippen LogP contribution in [0, 0.1) is 5.92 Å². The van der Waals surface area contributed by atoms with Crippen molar-refractivity contribution >= 4 is 23.5 Å². The smallest absolute Gasteiger partial charge is 0.0365 e. The molecule has 4 unspecified atom stereocenters. The highest BCUT2D eigenvalue weighted by Gasteiger charge is 2.32. The summed E-state index contributed by atoms with van der Waals surface area (Å²) in [5.41, 5.74) is 3.02. The van der Waals surface area contributed by atoms with Crippen LogP contribution in [0.15, 0.2) is 0 Å². The van der Waals surface area contributed by atoms with E-state index in [1.165, 1.54) is 17.9 Å². The second-order valence-corrected chi connectivity index (χ2v) is 6.76. The first kappa shape index (κ1) is 12.7. The normalized spacial score (nSPS) is 32.6. The molecule has 0 bridgehead atoms. The van der Waals surface area contributed by atoms with E-state index in [2.05, 4.69) is 49.7 Å². The molecule has 1 rings (SSSR count). The van der Waals surface area contributed by atoms with E-state index >= 15 is 0 Å². The van der Waals surface area contributed by atoms with Gasteiger partial charge in [0.2, 0.25) is 0 Å². The maximum Gasteiger partial charge on any atom is 0.0365 e. The average Bonchev–Trinajstić information content (AvgIpc) is 2.21. The summed E-state index contributed by atoms with van der Waals surface area (Å²) in [6, 6.07) is 0.466. The van der Waals surface area contributed by atoms with Gasteiger partial charge in [0.1, 0.15) is 0 Å². The maximum absolute atomic E-state index is 5.67. The molecule has 1 aliphatic rings. The fraction of sp³-hybridized carbons (Fsp3) is 1.00. The van der Waals surface area contributed by atoms with Gasteiger partial charge in [-0.3, -0.25) is 11.3 Å². The van der Waals surface area contributed by atoms with Gasteiger partial charge in [-0.25, -0.2) is 0 Å². The van der Waals surface area contributed by atoms with Crippen LogP contribution in [0.1, 0.15) is 27.2 Å². The quantitative estimate of drug-likeness (QED) is 0.577. The Hall–Kier alpha value is 0.620. The second kappa shape index (κ2) is 6.26. The summed E-state index contributed by atoms with van der Waals surface area (Å²) in [7, 11) is 0.